The summed E-state index contributed by atoms with van der Waals surface area (Å²) in [5, 5.41) is 13.8. The molecule has 0 heterocycles. The molecular formula is C16H24ClNO2. The molecule has 1 saturated carbocycles. The molecule has 1 aliphatic carbocycles. The molecule has 0 radical (unpaired) electrons. The highest BCUT2D eigenvalue weighted by Crippen LogP contribution is 2.30. The van der Waals surface area contributed by atoms with Crippen molar-refractivity contribution in [2.45, 2.75) is 51.9 Å². The van der Waals surface area contributed by atoms with Crippen LogP contribution in [-0.2, 0) is 6.54 Å². The minimum atomic E-state index is -0.363. The second-order valence-corrected chi connectivity index (χ2v) is 6.35. The number of ether oxygens (including phenoxy) is 1. The number of hydrogen-bond donors (Lipinski definition) is 2. The first kappa shape index (κ1) is 15.6. The molecule has 1 aromatic carbocycles. The predicted molar refractivity (Wildman–Crippen MR) is 82.3 cm³/mol. The van der Waals surface area contributed by atoms with Crippen LogP contribution in [0.3, 0.4) is 0 Å². The molecule has 0 spiro atoms. The molecule has 0 amide bonds. The third kappa shape index (κ3) is 4.37. The van der Waals surface area contributed by atoms with Gasteiger partial charge in [0.25, 0.3) is 0 Å². The molecular weight excluding hydrogens is 274 g/mol. The maximum Gasteiger partial charge on any atom is 0.138 e. The SMILES string of the molecule is CC(C)CNCc1ccc(OC2CCCC2O)c(Cl)c1. The van der Waals surface area contributed by atoms with Crippen LogP contribution in [0.25, 0.3) is 0 Å². The fourth-order valence-corrected chi connectivity index (χ4v) is 2.71. The molecule has 0 aromatic heterocycles. The van der Waals surface area contributed by atoms with Crippen molar-refractivity contribution < 1.29 is 9.84 Å². The summed E-state index contributed by atoms with van der Waals surface area (Å²) in [6, 6.07) is 5.86. The van der Waals surface area contributed by atoms with E-state index >= 15 is 0 Å². The molecule has 0 bridgehead atoms. The molecule has 1 aliphatic rings. The highest BCUT2D eigenvalue weighted by molar-refractivity contribution is 6.32. The Kier molecular flexibility index (Phi) is 5.70. The van der Waals surface area contributed by atoms with Crippen LogP contribution in [0, 0.1) is 5.92 Å². The zero-order chi connectivity index (χ0) is 14.5. The van der Waals surface area contributed by atoms with Crippen LogP contribution in [0.4, 0.5) is 0 Å². The zero-order valence-corrected chi connectivity index (χ0v) is 13.0. The van der Waals surface area contributed by atoms with Gasteiger partial charge in [0.05, 0.1) is 11.1 Å². The summed E-state index contributed by atoms with van der Waals surface area (Å²) in [6.07, 6.45) is 2.26. The lowest BCUT2D eigenvalue weighted by molar-refractivity contribution is 0.0604. The lowest BCUT2D eigenvalue weighted by Crippen LogP contribution is -2.25. The molecule has 2 rings (SSSR count). The molecule has 3 nitrogen and oxygen atoms in total. The number of benzene rings is 1. The Morgan fingerprint density at radius 1 is 1.40 bits per heavy atom. The molecule has 0 aliphatic heterocycles. The van der Waals surface area contributed by atoms with Gasteiger partial charge >= 0.3 is 0 Å². The number of aliphatic hydroxyl groups is 1. The minimum absolute atomic E-state index is 0.114. The van der Waals surface area contributed by atoms with E-state index in [1.807, 2.05) is 18.2 Å². The summed E-state index contributed by atoms with van der Waals surface area (Å²) < 4.78 is 5.81. The van der Waals surface area contributed by atoms with Gasteiger partial charge in [0, 0.05) is 6.54 Å². The number of halogens is 1. The first-order valence-electron chi connectivity index (χ1n) is 7.40. The Balaban J connectivity index is 1.91. The maximum atomic E-state index is 9.79. The van der Waals surface area contributed by atoms with Gasteiger partial charge in [-0.25, -0.2) is 0 Å². The molecule has 2 N–H and O–H groups in total. The smallest absolute Gasteiger partial charge is 0.138 e. The van der Waals surface area contributed by atoms with Crippen LogP contribution in [0.5, 0.6) is 5.75 Å². The van der Waals surface area contributed by atoms with Crippen LogP contribution in [0.2, 0.25) is 5.02 Å². The van der Waals surface area contributed by atoms with Crippen molar-refractivity contribution >= 4 is 11.6 Å². The second kappa shape index (κ2) is 7.30. The van der Waals surface area contributed by atoms with Crippen LogP contribution >= 0.6 is 11.6 Å². The van der Waals surface area contributed by atoms with E-state index in [4.69, 9.17) is 16.3 Å². The van der Waals surface area contributed by atoms with Crippen molar-refractivity contribution in [3.8, 4) is 5.75 Å². The molecule has 20 heavy (non-hydrogen) atoms. The molecule has 0 saturated heterocycles. The van der Waals surface area contributed by atoms with E-state index in [1.165, 1.54) is 0 Å². The Morgan fingerprint density at radius 3 is 2.80 bits per heavy atom. The summed E-state index contributed by atoms with van der Waals surface area (Å²) >= 11 is 6.26. The molecule has 112 valence electrons. The van der Waals surface area contributed by atoms with E-state index in [2.05, 4.69) is 19.2 Å². The number of hydrogen-bond acceptors (Lipinski definition) is 3. The molecule has 2 unspecified atom stereocenters. The van der Waals surface area contributed by atoms with Gasteiger partial charge < -0.3 is 15.2 Å². The van der Waals surface area contributed by atoms with Gasteiger partial charge in [-0.2, -0.15) is 0 Å². The molecule has 2 atom stereocenters. The Hall–Kier alpha value is -0.770. The average molecular weight is 298 g/mol. The lowest BCUT2D eigenvalue weighted by atomic mass is 10.2. The van der Waals surface area contributed by atoms with Crippen LogP contribution in [0.1, 0.15) is 38.7 Å². The average Bonchev–Trinajstić information content (AvgIpc) is 2.78. The standard InChI is InChI=1S/C16H24ClNO2/c1-11(2)9-18-10-12-6-7-15(13(17)8-12)20-16-5-3-4-14(16)19/h6-8,11,14,16,18-19H,3-5,9-10H2,1-2H3. The molecule has 4 heteroatoms. The zero-order valence-electron chi connectivity index (χ0n) is 12.2. The van der Waals surface area contributed by atoms with E-state index < -0.39 is 0 Å². The summed E-state index contributed by atoms with van der Waals surface area (Å²) in [5.74, 6) is 1.31. The third-order valence-electron chi connectivity index (χ3n) is 3.57. The maximum absolute atomic E-state index is 9.79. The van der Waals surface area contributed by atoms with E-state index in [0.717, 1.165) is 37.9 Å². The topological polar surface area (TPSA) is 41.5 Å². The highest BCUT2D eigenvalue weighted by atomic mass is 35.5. The monoisotopic (exact) mass is 297 g/mol. The van der Waals surface area contributed by atoms with Crippen molar-refractivity contribution in [1.82, 2.24) is 5.32 Å². The van der Waals surface area contributed by atoms with Crippen molar-refractivity contribution in [3.05, 3.63) is 28.8 Å². The lowest BCUT2D eigenvalue weighted by Gasteiger charge is -2.18. The van der Waals surface area contributed by atoms with Crippen molar-refractivity contribution in [2.75, 3.05) is 6.54 Å². The summed E-state index contributed by atoms with van der Waals surface area (Å²) in [6.45, 7) is 6.17. The first-order chi connectivity index (χ1) is 9.56. The summed E-state index contributed by atoms with van der Waals surface area (Å²) in [4.78, 5) is 0. The highest BCUT2D eigenvalue weighted by Gasteiger charge is 2.27. The third-order valence-corrected chi connectivity index (χ3v) is 3.87. The predicted octanol–water partition coefficient (Wildman–Crippen LogP) is 3.38. The number of aliphatic hydroxyl groups excluding tert-OH is 1. The van der Waals surface area contributed by atoms with Gasteiger partial charge in [-0.15, -0.1) is 0 Å². The molecule has 1 fully saturated rings. The van der Waals surface area contributed by atoms with Crippen molar-refractivity contribution in [3.63, 3.8) is 0 Å². The van der Waals surface area contributed by atoms with E-state index in [1.54, 1.807) is 0 Å². The van der Waals surface area contributed by atoms with Gasteiger partial charge in [0.2, 0.25) is 0 Å². The Morgan fingerprint density at radius 2 is 2.20 bits per heavy atom. The summed E-state index contributed by atoms with van der Waals surface area (Å²) in [5.41, 5.74) is 1.15. The van der Waals surface area contributed by atoms with E-state index in [0.29, 0.717) is 16.7 Å². The first-order valence-corrected chi connectivity index (χ1v) is 7.78. The second-order valence-electron chi connectivity index (χ2n) is 5.94. The molecule has 1 aromatic rings. The largest absolute Gasteiger partial charge is 0.486 e. The van der Waals surface area contributed by atoms with Gasteiger partial charge in [-0.3, -0.25) is 0 Å². The van der Waals surface area contributed by atoms with Crippen LogP contribution < -0.4 is 10.1 Å². The minimum Gasteiger partial charge on any atom is -0.486 e. The summed E-state index contributed by atoms with van der Waals surface area (Å²) in [7, 11) is 0. The quantitative estimate of drug-likeness (QED) is 0.846. The van der Waals surface area contributed by atoms with E-state index in [9.17, 15) is 5.11 Å². The van der Waals surface area contributed by atoms with E-state index in [-0.39, 0.29) is 12.2 Å². The Bertz CT molecular complexity index is 436. The van der Waals surface area contributed by atoms with Crippen molar-refractivity contribution in [2.24, 2.45) is 5.92 Å². The van der Waals surface area contributed by atoms with Gasteiger partial charge in [-0.05, 0) is 49.4 Å². The fraction of sp³-hybridized carbons (Fsp3) is 0.625. The van der Waals surface area contributed by atoms with Crippen LogP contribution in [0.15, 0.2) is 18.2 Å². The van der Waals surface area contributed by atoms with Crippen LogP contribution in [-0.4, -0.2) is 23.9 Å². The van der Waals surface area contributed by atoms with Gasteiger partial charge in [0.15, 0.2) is 0 Å². The normalized spacial score (nSPS) is 22.4. The van der Waals surface area contributed by atoms with Gasteiger partial charge in [0.1, 0.15) is 11.9 Å². The van der Waals surface area contributed by atoms with Crippen molar-refractivity contribution in [1.29, 1.82) is 0 Å². The Labute approximate surface area is 126 Å². The number of nitrogens with one attached hydrogen (secondary N) is 1. The fourth-order valence-electron chi connectivity index (χ4n) is 2.46. The van der Waals surface area contributed by atoms with Gasteiger partial charge in [-0.1, -0.05) is 31.5 Å². The number of rotatable bonds is 6.